The standard InChI is InChI=1S/C11H23NO3S.C2H6/c1-10(2)15-11-4-6-12(7-5-11)8-9-16(3,13)14;1-2/h10-11H,4-9H2,1-3H3;1-2H3. The van der Waals surface area contributed by atoms with Crippen LogP contribution in [-0.2, 0) is 14.6 Å². The first kappa shape index (κ1) is 17.9. The minimum atomic E-state index is -2.83. The molecule has 1 saturated heterocycles. The molecule has 4 nitrogen and oxygen atoms in total. The van der Waals surface area contributed by atoms with Gasteiger partial charge in [-0.2, -0.15) is 0 Å². The molecule has 1 aliphatic heterocycles. The summed E-state index contributed by atoms with van der Waals surface area (Å²) >= 11 is 0. The Balaban J connectivity index is 0.00000137. The highest BCUT2D eigenvalue weighted by molar-refractivity contribution is 7.90. The number of hydrogen-bond donors (Lipinski definition) is 0. The Kier molecular flexibility index (Phi) is 8.82. The molecule has 0 saturated carbocycles. The molecule has 1 fully saturated rings. The van der Waals surface area contributed by atoms with Crippen LogP contribution in [0.5, 0.6) is 0 Å². The smallest absolute Gasteiger partial charge is 0.148 e. The predicted molar refractivity (Wildman–Crippen MR) is 76.7 cm³/mol. The lowest BCUT2D eigenvalue weighted by Gasteiger charge is -2.32. The SMILES string of the molecule is CC.CC(C)OC1CCN(CCS(C)(=O)=O)CC1. The molecule has 0 amide bonds. The minimum absolute atomic E-state index is 0.267. The Morgan fingerprint density at radius 3 is 2.11 bits per heavy atom. The van der Waals surface area contributed by atoms with Gasteiger partial charge in [-0.05, 0) is 26.7 Å². The molecule has 0 aliphatic carbocycles. The fourth-order valence-corrected chi connectivity index (χ4v) is 2.54. The van der Waals surface area contributed by atoms with E-state index in [2.05, 4.69) is 18.7 Å². The van der Waals surface area contributed by atoms with E-state index in [0.29, 0.717) is 12.6 Å². The third-order valence-corrected chi connectivity index (χ3v) is 3.70. The third-order valence-electron chi connectivity index (χ3n) is 2.78. The molecule has 5 heteroatoms. The van der Waals surface area contributed by atoms with Crippen LogP contribution >= 0.6 is 0 Å². The summed E-state index contributed by atoms with van der Waals surface area (Å²) in [5.74, 6) is 0.267. The number of hydrogen-bond acceptors (Lipinski definition) is 4. The van der Waals surface area contributed by atoms with Crippen molar-refractivity contribution in [1.82, 2.24) is 4.90 Å². The van der Waals surface area contributed by atoms with Crippen LogP contribution in [-0.4, -0.2) is 57.2 Å². The van der Waals surface area contributed by atoms with Crippen molar-refractivity contribution < 1.29 is 13.2 Å². The second-order valence-electron chi connectivity index (χ2n) is 4.86. The van der Waals surface area contributed by atoms with Crippen molar-refractivity contribution >= 4 is 9.84 Å². The quantitative estimate of drug-likeness (QED) is 0.771. The summed E-state index contributed by atoms with van der Waals surface area (Å²) < 4.78 is 27.8. The van der Waals surface area contributed by atoms with Crippen molar-refractivity contribution in [2.24, 2.45) is 0 Å². The Hall–Kier alpha value is -0.130. The zero-order valence-electron chi connectivity index (χ0n) is 12.5. The van der Waals surface area contributed by atoms with E-state index >= 15 is 0 Å². The molecule has 0 aromatic carbocycles. The Morgan fingerprint density at radius 1 is 1.22 bits per heavy atom. The van der Waals surface area contributed by atoms with Gasteiger partial charge in [0.25, 0.3) is 0 Å². The first-order valence-corrected chi connectivity index (χ1v) is 8.98. The van der Waals surface area contributed by atoms with Gasteiger partial charge in [0, 0.05) is 25.9 Å². The van der Waals surface area contributed by atoms with Crippen LogP contribution in [0.2, 0.25) is 0 Å². The molecule has 0 spiro atoms. The summed E-state index contributed by atoms with van der Waals surface area (Å²) in [5, 5.41) is 0. The first-order chi connectivity index (χ1) is 8.37. The molecular formula is C13H29NO3S. The monoisotopic (exact) mass is 279 g/mol. The second-order valence-corrected chi connectivity index (χ2v) is 7.12. The van der Waals surface area contributed by atoms with Crippen LogP contribution in [0.1, 0.15) is 40.5 Å². The lowest BCUT2D eigenvalue weighted by atomic mass is 10.1. The van der Waals surface area contributed by atoms with Gasteiger partial charge in [-0.25, -0.2) is 8.42 Å². The van der Waals surface area contributed by atoms with E-state index < -0.39 is 9.84 Å². The molecule has 0 N–H and O–H groups in total. The molecule has 0 aromatic heterocycles. The van der Waals surface area contributed by atoms with Gasteiger partial charge in [0.1, 0.15) is 9.84 Å². The molecule has 0 aromatic rings. The lowest BCUT2D eigenvalue weighted by molar-refractivity contribution is -0.0258. The van der Waals surface area contributed by atoms with Gasteiger partial charge < -0.3 is 9.64 Å². The van der Waals surface area contributed by atoms with Crippen LogP contribution in [0, 0.1) is 0 Å². The van der Waals surface area contributed by atoms with Crippen molar-refractivity contribution in [2.75, 3.05) is 31.6 Å². The number of rotatable bonds is 5. The Bertz CT molecular complexity index is 293. The molecule has 1 aliphatic rings. The van der Waals surface area contributed by atoms with Crippen molar-refractivity contribution in [3.63, 3.8) is 0 Å². The maximum Gasteiger partial charge on any atom is 0.148 e. The van der Waals surface area contributed by atoms with Gasteiger partial charge in [-0.1, -0.05) is 13.8 Å². The van der Waals surface area contributed by atoms with Gasteiger partial charge in [0.05, 0.1) is 18.0 Å². The van der Waals surface area contributed by atoms with Gasteiger partial charge in [-0.3, -0.25) is 0 Å². The summed E-state index contributed by atoms with van der Waals surface area (Å²) in [4.78, 5) is 2.21. The highest BCUT2D eigenvalue weighted by Crippen LogP contribution is 2.15. The van der Waals surface area contributed by atoms with E-state index in [-0.39, 0.29) is 11.9 Å². The molecule has 1 heterocycles. The van der Waals surface area contributed by atoms with E-state index in [9.17, 15) is 8.42 Å². The van der Waals surface area contributed by atoms with Crippen LogP contribution in [0.4, 0.5) is 0 Å². The average Bonchev–Trinajstić information content (AvgIpc) is 2.29. The average molecular weight is 279 g/mol. The molecule has 1 rings (SSSR count). The summed E-state index contributed by atoms with van der Waals surface area (Å²) in [7, 11) is -2.83. The van der Waals surface area contributed by atoms with E-state index in [4.69, 9.17) is 4.74 Å². The molecule has 0 bridgehead atoms. The zero-order valence-corrected chi connectivity index (χ0v) is 13.3. The normalized spacial score (nSPS) is 18.6. The van der Waals surface area contributed by atoms with Gasteiger partial charge in [0.15, 0.2) is 0 Å². The minimum Gasteiger partial charge on any atom is -0.375 e. The summed E-state index contributed by atoms with van der Waals surface area (Å²) in [5.41, 5.74) is 0. The zero-order chi connectivity index (χ0) is 14.2. The number of piperidine rings is 1. The van der Waals surface area contributed by atoms with Crippen molar-refractivity contribution in [3.05, 3.63) is 0 Å². The maximum absolute atomic E-state index is 11.0. The number of nitrogens with zero attached hydrogens (tertiary/aromatic N) is 1. The molecule has 0 unspecified atom stereocenters. The van der Waals surface area contributed by atoms with E-state index in [1.165, 1.54) is 6.26 Å². The fourth-order valence-electron chi connectivity index (χ4n) is 1.95. The molecule has 0 radical (unpaired) electrons. The first-order valence-electron chi connectivity index (χ1n) is 6.92. The lowest BCUT2D eigenvalue weighted by Crippen LogP contribution is -2.40. The topological polar surface area (TPSA) is 46.6 Å². The summed E-state index contributed by atoms with van der Waals surface area (Å²) in [6, 6.07) is 0. The van der Waals surface area contributed by atoms with Crippen molar-refractivity contribution in [1.29, 1.82) is 0 Å². The predicted octanol–water partition coefficient (Wildman–Crippen LogP) is 1.95. The maximum atomic E-state index is 11.0. The van der Waals surface area contributed by atoms with Gasteiger partial charge in [-0.15, -0.1) is 0 Å². The van der Waals surface area contributed by atoms with E-state index in [1.54, 1.807) is 0 Å². The Labute approximate surface area is 113 Å². The number of ether oxygens (including phenoxy) is 1. The molecule has 0 atom stereocenters. The van der Waals surface area contributed by atoms with E-state index in [0.717, 1.165) is 25.9 Å². The van der Waals surface area contributed by atoms with Crippen LogP contribution in [0.15, 0.2) is 0 Å². The van der Waals surface area contributed by atoms with Gasteiger partial charge >= 0.3 is 0 Å². The summed E-state index contributed by atoms with van der Waals surface area (Å²) in [6.45, 7) is 10.7. The fraction of sp³-hybridized carbons (Fsp3) is 1.00. The van der Waals surface area contributed by atoms with Crippen molar-refractivity contribution in [3.8, 4) is 0 Å². The largest absolute Gasteiger partial charge is 0.375 e. The molecular weight excluding hydrogens is 250 g/mol. The highest BCUT2D eigenvalue weighted by atomic mass is 32.2. The third kappa shape index (κ3) is 8.89. The summed E-state index contributed by atoms with van der Waals surface area (Å²) in [6.07, 6.45) is 3.97. The Morgan fingerprint density at radius 2 is 1.72 bits per heavy atom. The van der Waals surface area contributed by atoms with Crippen LogP contribution in [0.25, 0.3) is 0 Å². The van der Waals surface area contributed by atoms with Gasteiger partial charge in [0.2, 0.25) is 0 Å². The van der Waals surface area contributed by atoms with E-state index in [1.807, 2.05) is 13.8 Å². The van der Waals surface area contributed by atoms with Crippen molar-refractivity contribution in [2.45, 2.75) is 52.7 Å². The second kappa shape index (κ2) is 8.88. The number of sulfone groups is 1. The van der Waals surface area contributed by atoms with Crippen LogP contribution in [0.3, 0.4) is 0 Å². The highest BCUT2D eigenvalue weighted by Gasteiger charge is 2.20. The van der Waals surface area contributed by atoms with Crippen LogP contribution < -0.4 is 0 Å². The molecule has 110 valence electrons. The number of likely N-dealkylation sites (tertiary alicyclic amines) is 1. The molecule has 18 heavy (non-hydrogen) atoms.